The SMILES string of the molecule is O=C1Cc2c(OCCNCc3ccc(-c4ccccc4)cc3)ccc(F)c2N1. The van der Waals surface area contributed by atoms with Crippen LogP contribution in [0.25, 0.3) is 11.1 Å². The van der Waals surface area contributed by atoms with Gasteiger partial charge in [-0.15, -0.1) is 0 Å². The highest BCUT2D eigenvalue weighted by Crippen LogP contribution is 2.33. The molecular formula is C23H21FN2O2. The van der Waals surface area contributed by atoms with Crippen molar-refractivity contribution >= 4 is 11.6 Å². The maximum atomic E-state index is 13.7. The highest BCUT2D eigenvalue weighted by molar-refractivity contribution is 6.00. The number of carbonyl (C=O) groups is 1. The van der Waals surface area contributed by atoms with Crippen molar-refractivity contribution in [2.75, 3.05) is 18.5 Å². The van der Waals surface area contributed by atoms with Gasteiger partial charge in [0.05, 0.1) is 12.1 Å². The Balaban J connectivity index is 1.26. The molecule has 2 N–H and O–H groups in total. The van der Waals surface area contributed by atoms with E-state index in [4.69, 9.17) is 4.74 Å². The van der Waals surface area contributed by atoms with Crippen molar-refractivity contribution in [3.05, 3.63) is 83.7 Å². The summed E-state index contributed by atoms with van der Waals surface area (Å²) in [6, 6.07) is 21.6. The fourth-order valence-corrected chi connectivity index (χ4v) is 3.30. The molecule has 28 heavy (non-hydrogen) atoms. The molecule has 3 aromatic rings. The summed E-state index contributed by atoms with van der Waals surface area (Å²) in [6.07, 6.45) is 0.156. The molecule has 0 bridgehead atoms. The number of fused-ring (bicyclic) bond motifs is 1. The first-order valence-electron chi connectivity index (χ1n) is 9.30. The predicted molar refractivity (Wildman–Crippen MR) is 108 cm³/mol. The van der Waals surface area contributed by atoms with Crippen LogP contribution in [0.4, 0.5) is 10.1 Å². The van der Waals surface area contributed by atoms with Crippen molar-refractivity contribution in [3.63, 3.8) is 0 Å². The summed E-state index contributed by atoms with van der Waals surface area (Å²) in [4.78, 5) is 11.5. The Labute approximate surface area is 163 Å². The monoisotopic (exact) mass is 376 g/mol. The van der Waals surface area contributed by atoms with Crippen molar-refractivity contribution in [1.29, 1.82) is 0 Å². The minimum atomic E-state index is -0.426. The Kier molecular flexibility index (Phi) is 5.35. The molecule has 0 spiro atoms. The molecular weight excluding hydrogens is 355 g/mol. The van der Waals surface area contributed by atoms with Crippen LogP contribution in [0.2, 0.25) is 0 Å². The summed E-state index contributed by atoms with van der Waals surface area (Å²) >= 11 is 0. The molecule has 5 heteroatoms. The number of amides is 1. The Morgan fingerprint density at radius 3 is 2.50 bits per heavy atom. The summed E-state index contributed by atoms with van der Waals surface area (Å²) in [5.74, 6) is -0.0731. The smallest absolute Gasteiger partial charge is 0.229 e. The molecule has 0 saturated carbocycles. The molecule has 0 radical (unpaired) electrons. The average molecular weight is 376 g/mol. The fraction of sp³-hybridized carbons (Fsp3) is 0.174. The molecule has 0 aliphatic carbocycles. The van der Waals surface area contributed by atoms with E-state index in [2.05, 4.69) is 47.0 Å². The largest absolute Gasteiger partial charge is 0.492 e. The molecule has 0 unspecified atom stereocenters. The molecule has 0 aromatic heterocycles. The van der Waals surface area contributed by atoms with E-state index in [1.165, 1.54) is 22.8 Å². The van der Waals surface area contributed by atoms with Gasteiger partial charge in [-0.05, 0) is 28.8 Å². The van der Waals surface area contributed by atoms with E-state index in [1.54, 1.807) is 6.07 Å². The second-order valence-electron chi connectivity index (χ2n) is 6.71. The molecule has 3 aromatic carbocycles. The summed E-state index contributed by atoms with van der Waals surface area (Å²) in [5.41, 5.74) is 4.43. The van der Waals surface area contributed by atoms with Crippen LogP contribution in [-0.2, 0) is 17.8 Å². The number of carbonyl (C=O) groups excluding carboxylic acids is 1. The summed E-state index contributed by atoms with van der Waals surface area (Å²) in [7, 11) is 0. The Bertz CT molecular complexity index is 972. The third-order valence-corrected chi connectivity index (χ3v) is 4.75. The van der Waals surface area contributed by atoms with E-state index in [1.807, 2.05) is 18.2 Å². The van der Waals surface area contributed by atoms with Gasteiger partial charge in [-0.3, -0.25) is 4.79 Å². The Morgan fingerprint density at radius 2 is 1.71 bits per heavy atom. The number of halogens is 1. The number of anilines is 1. The minimum Gasteiger partial charge on any atom is -0.492 e. The Morgan fingerprint density at radius 1 is 0.964 bits per heavy atom. The van der Waals surface area contributed by atoms with Crippen LogP contribution >= 0.6 is 0 Å². The van der Waals surface area contributed by atoms with E-state index in [9.17, 15) is 9.18 Å². The summed E-state index contributed by atoms with van der Waals surface area (Å²) in [5, 5.41) is 5.87. The zero-order valence-electron chi connectivity index (χ0n) is 15.4. The second-order valence-corrected chi connectivity index (χ2v) is 6.71. The Hall–Kier alpha value is -3.18. The van der Waals surface area contributed by atoms with Crippen molar-refractivity contribution in [2.24, 2.45) is 0 Å². The molecule has 0 atom stereocenters. The van der Waals surface area contributed by atoms with Gasteiger partial charge >= 0.3 is 0 Å². The number of benzene rings is 3. The molecule has 1 aliphatic heterocycles. The van der Waals surface area contributed by atoms with Crippen LogP contribution in [0.1, 0.15) is 11.1 Å². The number of rotatable bonds is 7. The number of hydrogen-bond donors (Lipinski definition) is 2. The molecule has 1 amide bonds. The van der Waals surface area contributed by atoms with Crippen LogP contribution in [-0.4, -0.2) is 19.1 Å². The molecule has 0 fully saturated rings. The van der Waals surface area contributed by atoms with Crippen LogP contribution in [0.5, 0.6) is 5.75 Å². The summed E-state index contributed by atoms with van der Waals surface area (Å²) in [6.45, 7) is 1.82. The van der Waals surface area contributed by atoms with E-state index >= 15 is 0 Å². The average Bonchev–Trinajstić information content (AvgIpc) is 3.13. The molecule has 4 nitrogen and oxygen atoms in total. The van der Waals surface area contributed by atoms with Gasteiger partial charge < -0.3 is 15.4 Å². The first-order valence-corrected chi connectivity index (χ1v) is 9.30. The molecule has 1 aliphatic rings. The van der Waals surface area contributed by atoms with Gasteiger partial charge in [-0.25, -0.2) is 4.39 Å². The van der Waals surface area contributed by atoms with Crippen molar-refractivity contribution in [1.82, 2.24) is 5.32 Å². The maximum absolute atomic E-state index is 13.7. The fourth-order valence-electron chi connectivity index (χ4n) is 3.30. The van der Waals surface area contributed by atoms with Crippen LogP contribution in [0, 0.1) is 5.82 Å². The van der Waals surface area contributed by atoms with Crippen LogP contribution in [0.3, 0.4) is 0 Å². The highest BCUT2D eigenvalue weighted by Gasteiger charge is 2.24. The van der Waals surface area contributed by atoms with Gasteiger partial charge in [0.25, 0.3) is 0 Å². The number of ether oxygens (including phenoxy) is 1. The number of hydrogen-bond acceptors (Lipinski definition) is 3. The number of nitrogens with one attached hydrogen (secondary N) is 2. The predicted octanol–water partition coefficient (Wildman–Crippen LogP) is 4.16. The third-order valence-electron chi connectivity index (χ3n) is 4.75. The standard InChI is InChI=1S/C23H21FN2O2/c24-20-10-11-21(19-14-22(27)26-23(19)20)28-13-12-25-15-16-6-8-18(9-7-16)17-4-2-1-3-5-17/h1-11,25H,12-15H2,(H,26,27). The van der Waals surface area contributed by atoms with E-state index in [-0.39, 0.29) is 18.0 Å². The van der Waals surface area contributed by atoms with E-state index in [0.29, 0.717) is 24.5 Å². The normalized spacial score (nSPS) is 12.5. The zero-order valence-corrected chi connectivity index (χ0v) is 15.4. The first-order chi connectivity index (χ1) is 13.7. The van der Waals surface area contributed by atoms with Crippen LogP contribution in [0.15, 0.2) is 66.7 Å². The van der Waals surface area contributed by atoms with Gasteiger partial charge in [0.2, 0.25) is 5.91 Å². The summed E-state index contributed by atoms with van der Waals surface area (Å²) < 4.78 is 19.5. The lowest BCUT2D eigenvalue weighted by atomic mass is 10.0. The lowest BCUT2D eigenvalue weighted by Crippen LogP contribution is -2.20. The third kappa shape index (κ3) is 4.05. The second kappa shape index (κ2) is 8.23. The van der Waals surface area contributed by atoms with Gasteiger partial charge in [0.15, 0.2) is 0 Å². The van der Waals surface area contributed by atoms with Crippen molar-refractivity contribution < 1.29 is 13.9 Å². The van der Waals surface area contributed by atoms with Gasteiger partial charge in [-0.2, -0.15) is 0 Å². The van der Waals surface area contributed by atoms with Crippen LogP contribution < -0.4 is 15.4 Å². The van der Waals surface area contributed by atoms with E-state index in [0.717, 1.165) is 6.54 Å². The topological polar surface area (TPSA) is 50.4 Å². The van der Waals surface area contributed by atoms with E-state index < -0.39 is 5.82 Å². The lowest BCUT2D eigenvalue weighted by Gasteiger charge is -2.11. The van der Waals surface area contributed by atoms with Gasteiger partial charge in [0, 0.05) is 18.7 Å². The highest BCUT2D eigenvalue weighted by atomic mass is 19.1. The minimum absolute atomic E-state index is 0.156. The quantitative estimate of drug-likeness (QED) is 0.609. The zero-order chi connectivity index (χ0) is 19.3. The van der Waals surface area contributed by atoms with Crippen molar-refractivity contribution in [2.45, 2.75) is 13.0 Å². The van der Waals surface area contributed by atoms with Gasteiger partial charge in [0.1, 0.15) is 18.2 Å². The van der Waals surface area contributed by atoms with Crippen molar-refractivity contribution in [3.8, 4) is 16.9 Å². The lowest BCUT2D eigenvalue weighted by molar-refractivity contribution is -0.115. The maximum Gasteiger partial charge on any atom is 0.229 e. The molecule has 4 rings (SSSR count). The molecule has 0 saturated heterocycles. The molecule has 1 heterocycles. The first kappa shape index (κ1) is 18.2. The molecule has 142 valence electrons. The van der Waals surface area contributed by atoms with Gasteiger partial charge in [-0.1, -0.05) is 54.6 Å².